The minimum absolute atomic E-state index is 0.578. The van der Waals surface area contributed by atoms with Crippen molar-refractivity contribution >= 4 is 23.4 Å². The highest BCUT2D eigenvalue weighted by atomic mass is 35.5. The van der Waals surface area contributed by atoms with Crippen LogP contribution in [0.3, 0.4) is 0 Å². The molecule has 0 N–H and O–H groups in total. The Bertz CT molecular complexity index is 312. The average molecular weight is 230 g/mol. The van der Waals surface area contributed by atoms with Crippen molar-refractivity contribution in [2.24, 2.45) is 5.92 Å². The molecule has 0 aromatic carbocycles. The van der Waals surface area contributed by atoms with Crippen molar-refractivity contribution in [3.05, 3.63) is 23.0 Å². The SMILES string of the molecule is Cc1cnc(Cl)cc1SC(C)C(C)C. The number of nitrogens with zero attached hydrogens (tertiary/aromatic N) is 1. The van der Waals surface area contributed by atoms with Crippen LogP contribution in [0.15, 0.2) is 17.2 Å². The van der Waals surface area contributed by atoms with Crippen molar-refractivity contribution < 1.29 is 0 Å². The molecular formula is C11H16ClNS. The van der Waals surface area contributed by atoms with Crippen LogP contribution in [0.4, 0.5) is 0 Å². The molecule has 0 spiro atoms. The van der Waals surface area contributed by atoms with Gasteiger partial charge in [0.15, 0.2) is 0 Å². The van der Waals surface area contributed by atoms with E-state index in [4.69, 9.17) is 11.6 Å². The minimum Gasteiger partial charge on any atom is -0.244 e. The summed E-state index contributed by atoms with van der Waals surface area (Å²) in [5.41, 5.74) is 1.20. The fourth-order valence-corrected chi connectivity index (χ4v) is 2.26. The predicted molar refractivity (Wildman–Crippen MR) is 64.1 cm³/mol. The zero-order valence-corrected chi connectivity index (χ0v) is 10.6. The number of hydrogen-bond acceptors (Lipinski definition) is 2. The van der Waals surface area contributed by atoms with Gasteiger partial charge in [0.25, 0.3) is 0 Å². The highest BCUT2D eigenvalue weighted by Crippen LogP contribution is 2.31. The highest BCUT2D eigenvalue weighted by molar-refractivity contribution is 8.00. The lowest BCUT2D eigenvalue weighted by molar-refractivity contribution is 0.642. The molecule has 3 heteroatoms. The third-order valence-corrected chi connectivity index (χ3v) is 4.09. The van der Waals surface area contributed by atoms with Crippen LogP contribution in [0.25, 0.3) is 0 Å². The molecule has 0 bridgehead atoms. The van der Waals surface area contributed by atoms with Crippen LogP contribution in [0, 0.1) is 12.8 Å². The van der Waals surface area contributed by atoms with E-state index in [1.54, 1.807) is 0 Å². The largest absolute Gasteiger partial charge is 0.244 e. The van der Waals surface area contributed by atoms with Gasteiger partial charge >= 0.3 is 0 Å². The Morgan fingerprint density at radius 3 is 2.57 bits per heavy atom. The Hall–Kier alpha value is -0.210. The number of aryl methyl sites for hydroxylation is 1. The second-order valence-corrected chi connectivity index (χ2v) is 5.65. The molecule has 14 heavy (non-hydrogen) atoms. The minimum atomic E-state index is 0.578. The number of halogens is 1. The van der Waals surface area contributed by atoms with Crippen LogP contribution in [0.2, 0.25) is 5.15 Å². The molecule has 1 rings (SSSR count). The molecule has 1 unspecified atom stereocenters. The first-order valence-electron chi connectivity index (χ1n) is 4.79. The summed E-state index contributed by atoms with van der Waals surface area (Å²) >= 11 is 7.72. The van der Waals surface area contributed by atoms with Gasteiger partial charge in [0.1, 0.15) is 5.15 Å². The highest BCUT2D eigenvalue weighted by Gasteiger charge is 2.10. The summed E-state index contributed by atoms with van der Waals surface area (Å²) in [6.07, 6.45) is 1.83. The lowest BCUT2D eigenvalue weighted by atomic mass is 10.2. The molecule has 0 radical (unpaired) electrons. The smallest absolute Gasteiger partial charge is 0.130 e. The number of pyridine rings is 1. The summed E-state index contributed by atoms with van der Waals surface area (Å²) in [5.74, 6) is 0.673. The van der Waals surface area contributed by atoms with E-state index in [2.05, 4.69) is 32.7 Å². The summed E-state index contributed by atoms with van der Waals surface area (Å²) in [5, 5.41) is 1.18. The fraction of sp³-hybridized carbons (Fsp3) is 0.545. The van der Waals surface area contributed by atoms with E-state index in [0.29, 0.717) is 16.3 Å². The normalized spacial score (nSPS) is 13.3. The Morgan fingerprint density at radius 2 is 2.00 bits per heavy atom. The van der Waals surface area contributed by atoms with Gasteiger partial charge in [0, 0.05) is 16.3 Å². The second kappa shape index (κ2) is 5.04. The third kappa shape index (κ3) is 3.18. The van der Waals surface area contributed by atoms with Crippen molar-refractivity contribution in [3.8, 4) is 0 Å². The standard InChI is InChI=1S/C11H16ClNS/c1-7(2)9(4)14-10-5-11(12)13-6-8(10)3/h5-7,9H,1-4H3. The first-order valence-corrected chi connectivity index (χ1v) is 6.05. The summed E-state index contributed by atoms with van der Waals surface area (Å²) in [7, 11) is 0. The van der Waals surface area contributed by atoms with Crippen LogP contribution in [0.5, 0.6) is 0 Å². The Kier molecular flexibility index (Phi) is 4.27. The van der Waals surface area contributed by atoms with E-state index in [0.717, 1.165) is 0 Å². The molecule has 78 valence electrons. The van der Waals surface area contributed by atoms with Crippen molar-refractivity contribution in [2.75, 3.05) is 0 Å². The van der Waals surface area contributed by atoms with Gasteiger partial charge in [-0.05, 0) is 24.5 Å². The molecule has 0 saturated carbocycles. The molecule has 1 nitrogen and oxygen atoms in total. The van der Waals surface area contributed by atoms with E-state index >= 15 is 0 Å². The van der Waals surface area contributed by atoms with Gasteiger partial charge in [-0.25, -0.2) is 4.98 Å². The van der Waals surface area contributed by atoms with Gasteiger partial charge in [0.05, 0.1) is 0 Å². The number of thioether (sulfide) groups is 1. The zero-order valence-electron chi connectivity index (χ0n) is 9.04. The molecule has 1 heterocycles. The number of hydrogen-bond donors (Lipinski definition) is 0. The first kappa shape index (κ1) is 11.9. The lowest BCUT2D eigenvalue weighted by Gasteiger charge is -2.16. The summed E-state index contributed by atoms with van der Waals surface area (Å²) in [6.45, 7) is 8.77. The quantitative estimate of drug-likeness (QED) is 0.570. The molecule has 1 atom stereocenters. The van der Waals surface area contributed by atoms with Gasteiger partial charge in [-0.15, -0.1) is 11.8 Å². The Labute approximate surface area is 95.3 Å². The van der Waals surface area contributed by atoms with E-state index in [1.807, 2.05) is 24.0 Å². The van der Waals surface area contributed by atoms with Gasteiger partial charge in [-0.1, -0.05) is 32.4 Å². The maximum Gasteiger partial charge on any atom is 0.130 e. The lowest BCUT2D eigenvalue weighted by Crippen LogP contribution is -2.05. The molecule has 0 aliphatic rings. The van der Waals surface area contributed by atoms with E-state index in [-0.39, 0.29) is 0 Å². The Morgan fingerprint density at radius 1 is 1.36 bits per heavy atom. The number of rotatable bonds is 3. The van der Waals surface area contributed by atoms with Gasteiger partial charge in [0.2, 0.25) is 0 Å². The van der Waals surface area contributed by atoms with Crippen molar-refractivity contribution in [1.29, 1.82) is 0 Å². The molecule has 1 aromatic heterocycles. The number of aromatic nitrogens is 1. The molecule has 0 fully saturated rings. The van der Waals surface area contributed by atoms with E-state index in [9.17, 15) is 0 Å². The predicted octanol–water partition coefficient (Wildman–Crippen LogP) is 4.18. The average Bonchev–Trinajstić information content (AvgIpc) is 2.11. The monoisotopic (exact) mass is 229 g/mol. The molecule has 1 aromatic rings. The van der Waals surface area contributed by atoms with Crippen LogP contribution in [-0.4, -0.2) is 10.2 Å². The van der Waals surface area contributed by atoms with Crippen LogP contribution < -0.4 is 0 Å². The Balaban J connectivity index is 2.80. The van der Waals surface area contributed by atoms with Crippen LogP contribution >= 0.6 is 23.4 Å². The van der Waals surface area contributed by atoms with Crippen LogP contribution in [-0.2, 0) is 0 Å². The van der Waals surface area contributed by atoms with E-state index in [1.165, 1.54) is 10.5 Å². The van der Waals surface area contributed by atoms with Crippen molar-refractivity contribution in [3.63, 3.8) is 0 Å². The summed E-state index contributed by atoms with van der Waals surface area (Å²) < 4.78 is 0. The molecule has 0 aliphatic carbocycles. The maximum absolute atomic E-state index is 5.86. The maximum atomic E-state index is 5.86. The zero-order chi connectivity index (χ0) is 10.7. The topological polar surface area (TPSA) is 12.9 Å². The van der Waals surface area contributed by atoms with Gasteiger partial charge < -0.3 is 0 Å². The molecule has 0 saturated heterocycles. The molecule has 0 amide bonds. The summed E-state index contributed by atoms with van der Waals surface area (Å²) in [4.78, 5) is 5.29. The van der Waals surface area contributed by atoms with Crippen molar-refractivity contribution in [2.45, 2.75) is 37.8 Å². The fourth-order valence-electron chi connectivity index (χ4n) is 0.945. The molecule has 0 aliphatic heterocycles. The van der Waals surface area contributed by atoms with E-state index < -0.39 is 0 Å². The third-order valence-electron chi connectivity index (χ3n) is 2.27. The summed E-state index contributed by atoms with van der Waals surface area (Å²) in [6, 6.07) is 1.94. The molecular weight excluding hydrogens is 214 g/mol. The van der Waals surface area contributed by atoms with Crippen molar-refractivity contribution in [1.82, 2.24) is 4.98 Å². The van der Waals surface area contributed by atoms with Gasteiger partial charge in [-0.3, -0.25) is 0 Å². The van der Waals surface area contributed by atoms with Gasteiger partial charge in [-0.2, -0.15) is 0 Å². The van der Waals surface area contributed by atoms with Crippen LogP contribution in [0.1, 0.15) is 26.3 Å². The second-order valence-electron chi connectivity index (χ2n) is 3.84. The first-order chi connectivity index (χ1) is 6.50.